The Bertz CT molecular complexity index is 493. The summed E-state index contributed by atoms with van der Waals surface area (Å²) in [6.45, 7) is 0. The van der Waals surface area contributed by atoms with Crippen LogP contribution < -0.4 is 0 Å². The number of hydrogen-bond acceptors (Lipinski definition) is 5. The average molecular weight is 255 g/mol. The standard InChI is InChI=1S/C9H7N.C2H6O4S/c1-2-6-9-8(4-1)5-3-7-10-9;1-5-7(3,4)6-2/h1-7H;1-2H3. The van der Waals surface area contributed by atoms with Crippen molar-refractivity contribution in [3.8, 4) is 0 Å². The third-order valence-electron chi connectivity index (χ3n) is 1.92. The minimum Gasteiger partial charge on any atom is -0.256 e. The number of hydrogen-bond donors (Lipinski definition) is 0. The van der Waals surface area contributed by atoms with Crippen LogP contribution in [0, 0.1) is 0 Å². The third kappa shape index (κ3) is 4.48. The number of para-hydroxylation sites is 1. The highest BCUT2D eigenvalue weighted by Crippen LogP contribution is 2.07. The summed E-state index contributed by atoms with van der Waals surface area (Å²) in [6, 6.07) is 12.1. The van der Waals surface area contributed by atoms with Crippen LogP contribution in [0.4, 0.5) is 0 Å². The van der Waals surface area contributed by atoms with E-state index in [-0.39, 0.29) is 0 Å². The molecule has 0 saturated heterocycles. The fourth-order valence-electron chi connectivity index (χ4n) is 1.08. The lowest BCUT2D eigenvalue weighted by Gasteiger charge is -1.91. The van der Waals surface area contributed by atoms with Gasteiger partial charge < -0.3 is 0 Å². The largest absolute Gasteiger partial charge is 0.399 e. The Labute approximate surface area is 100 Å². The minimum absolute atomic E-state index is 1.03. The van der Waals surface area contributed by atoms with E-state index in [0.29, 0.717) is 0 Å². The molecule has 0 bridgehead atoms. The van der Waals surface area contributed by atoms with Gasteiger partial charge in [-0.05, 0) is 12.1 Å². The van der Waals surface area contributed by atoms with Crippen molar-refractivity contribution < 1.29 is 16.8 Å². The summed E-state index contributed by atoms with van der Waals surface area (Å²) in [7, 11) is -1.60. The summed E-state index contributed by atoms with van der Waals surface area (Å²) < 4.78 is 27.5. The number of benzene rings is 1. The van der Waals surface area contributed by atoms with Crippen molar-refractivity contribution >= 4 is 21.3 Å². The molecular weight excluding hydrogens is 242 g/mol. The van der Waals surface area contributed by atoms with E-state index in [0.717, 1.165) is 19.7 Å². The highest BCUT2D eigenvalue weighted by Gasteiger charge is 2.01. The second kappa shape index (κ2) is 6.29. The van der Waals surface area contributed by atoms with Crippen LogP contribution in [0.25, 0.3) is 10.9 Å². The van der Waals surface area contributed by atoms with Gasteiger partial charge in [-0.3, -0.25) is 13.4 Å². The topological polar surface area (TPSA) is 65.5 Å². The van der Waals surface area contributed by atoms with Gasteiger partial charge >= 0.3 is 10.4 Å². The number of nitrogens with zero attached hydrogens (tertiary/aromatic N) is 1. The molecule has 0 amide bonds. The van der Waals surface area contributed by atoms with E-state index < -0.39 is 10.4 Å². The van der Waals surface area contributed by atoms with Crippen LogP contribution in [0.1, 0.15) is 0 Å². The molecule has 0 saturated carbocycles. The van der Waals surface area contributed by atoms with E-state index in [9.17, 15) is 8.42 Å². The number of aromatic nitrogens is 1. The van der Waals surface area contributed by atoms with Crippen LogP contribution >= 0.6 is 0 Å². The Hall–Kier alpha value is -1.50. The summed E-state index contributed by atoms with van der Waals surface area (Å²) in [5.74, 6) is 0. The van der Waals surface area contributed by atoms with Crippen LogP contribution in [-0.4, -0.2) is 27.6 Å². The lowest BCUT2D eigenvalue weighted by molar-refractivity contribution is 0.286. The Balaban J connectivity index is 0.000000185. The molecule has 0 unspecified atom stereocenters. The molecule has 1 aromatic heterocycles. The molecule has 0 spiro atoms. The van der Waals surface area contributed by atoms with E-state index in [1.165, 1.54) is 5.39 Å². The molecule has 2 rings (SSSR count). The van der Waals surface area contributed by atoms with Gasteiger partial charge in [0.15, 0.2) is 0 Å². The monoisotopic (exact) mass is 255 g/mol. The average Bonchev–Trinajstić information content (AvgIpc) is 2.40. The maximum absolute atomic E-state index is 9.92. The Kier molecular flexibility index (Phi) is 5.02. The molecule has 1 heterocycles. The highest BCUT2D eigenvalue weighted by molar-refractivity contribution is 7.81. The van der Waals surface area contributed by atoms with Gasteiger partial charge in [-0.15, -0.1) is 0 Å². The van der Waals surface area contributed by atoms with Crippen molar-refractivity contribution in [1.29, 1.82) is 0 Å². The molecule has 6 heteroatoms. The van der Waals surface area contributed by atoms with Gasteiger partial charge in [0.2, 0.25) is 0 Å². The SMILES string of the molecule is COS(=O)(=O)OC.c1ccc2ncccc2c1. The third-order valence-corrected chi connectivity index (χ3v) is 2.74. The first-order valence-corrected chi connectivity index (χ1v) is 6.08. The Morgan fingerprint density at radius 1 is 1.00 bits per heavy atom. The maximum Gasteiger partial charge on any atom is 0.399 e. The lowest BCUT2D eigenvalue weighted by Crippen LogP contribution is -2.02. The molecular formula is C11H13NO4S. The summed E-state index contributed by atoms with van der Waals surface area (Å²) in [6.07, 6.45) is 1.81. The fourth-order valence-corrected chi connectivity index (χ4v) is 1.22. The molecule has 92 valence electrons. The number of pyridine rings is 1. The second-order valence-corrected chi connectivity index (χ2v) is 4.42. The summed E-state index contributed by atoms with van der Waals surface area (Å²) in [4.78, 5) is 4.18. The van der Waals surface area contributed by atoms with Crippen molar-refractivity contribution in [3.05, 3.63) is 42.6 Å². The van der Waals surface area contributed by atoms with Crippen LogP contribution in [0.3, 0.4) is 0 Å². The smallest absolute Gasteiger partial charge is 0.256 e. The minimum atomic E-state index is -3.66. The molecule has 17 heavy (non-hydrogen) atoms. The van der Waals surface area contributed by atoms with Crippen molar-refractivity contribution in [1.82, 2.24) is 4.98 Å². The normalized spacial score (nSPS) is 10.7. The van der Waals surface area contributed by atoms with Crippen LogP contribution in [0.15, 0.2) is 42.6 Å². The zero-order valence-electron chi connectivity index (χ0n) is 9.53. The van der Waals surface area contributed by atoms with Crippen LogP contribution in [0.5, 0.6) is 0 Å². The van der Waals surface area contributed by atoms with E-state index in [1.54, 1.807) is 0 Å². The van der Waals surface area contributed by atoms with Gasteiger partial charge in [-0.2, -0.15) is 8.42 Å². The summed E-state index contributed by atoms with van der Waals surface area (Å²) >= 11 is 0. The van der Waals surface area contributed by atoms with E-state index in [4.69, 9.17) is 0 Å². The van der Waals surface area contributed by atoms with E-state index in [2.05, 4.69) is 25.5 Å². The van der Waals surface area contributed by atoms with Crippen molar-refractivity contribution in [2.45, 2.75) is 0 Å². The first-order chi connectivity index (χ1) is 8.09. The summed E-state index contributed by atoms with van der Waals surface area (Å²) in [5.41, 5.74) is 1.06. The van der Waals surface area contributed by atoms with Gasteiger partial charge in [0.05, 0.1) is 19.7 Å². The zero-order valence-corrected chi connectivity index (χ0v) is 10.3. The molecule has 0 N–H and O–H groups in total. The number of rotatable bonds is 2. The lowest BCUT2D eigenvalue weighted by atomic mass is 10.2. The summed E-state index contributed by atoms with van der Waals surface area (Å²) in [5, 5.41) is 1.20. The molecule has 0 radical (unpaired) electrons. The number of fused-ring (bicyclic) bond motifs is 1. The van der Waals surface area contributed by atoms with Crippen LogP contribution in [0.2, 0.25) is 0 Å². The van der Waals surface area contributed by atoms with Gasteiger partial charge in [-0.1, -0.05) is 24.3 Å². The zero-order chi connectivity index (χ0) is 12.7. The molecule has 5 nitrogen and oxygen atoms in total. The molecule has 2 aromatic rings. The highest BCUT2D eigenvalue weighted by atomic mass is 32.3. The molecule has 0 aliphatic carbocycles. The fraction of sp³-hybridized carbons (Fsp3) is 0.182. The molecule has 0 aliphatic heterocycles. The van der Waals surface area contributed by atoms with Crippen molar-refractivity contribution in [3.63, 3.8) is 0 Å². The molecule has 0 aliphatic rings. The molecule has 0 fully saturated rings. The first kappa shape index (κ1) is 13.6. The maximum atomic E-state index is 9.92. The van der Waals surface area contributed by atoms with E-state index in [1.807, 2.05) is 30.5 Å². The molecule has 0 atom stereocenters. The first-order valence-electron chi connectivity index (χ1n) is 4.75. The van der Waals surface area contributed by atoms with Crippen molar-refractivity contribution in [2.24, 2.45) is 0 Å². The van der Waals surface area contributed by atoms with Crippen LogP contribution in [-0.2, 0) is 18.8 Å². The van der Waals surface area contributed by atoms with Gasteiger partial charge in [0.1, 0.15) is 0 Å². The second-order valence-electron chi connectivity index (χ2n) is 2.94. The van der Waals surface area contributed by atoms with Gasteiger partial charge in [0, 0.05) is 11.6 Å². The van der Waals surface area contributed by atoms with Gasteiger partial charge in [0.25, 0.3) is 0 Å². The Morgan fingerprint density at radius 3 is 2.12 bits per heavy atom. The van der Waals surface area contributed by atoms with Crippen molar-refractivity contribution in [2.75, 3.05) is 14.2 Å². The quantitative estimate of drug-likeness (QED) is 0.818. The Morgan fingerprint density at radius 2 is 1.59 bits per heavy atom. The van der Waals surface area contributed by atoms with Gasteiger partial charge in [-0.25, -0.2) is 0 Å². The molecule has 1 aromatic carbocycles. The van der Waals surface area contributed by atoms with E-state index >= 15 is 0 Å². The predicted octanol–water partition coefficient (Wildman–Crippen LogP) is 1.76. The predicted molar refractivity (Wildman–Crippen MR) is 64.7 cm³/mol.